The number of nitrogens with zero attached hydrogens (tertiary/aromatic N) is 2. The molecule has 27 heavy (non-hydrogen) atoms. The number of hydrogen-bond donors (Lipinski definition) is 1. The fourth-order valence-electron chi connectivity index (χ4n) is 2.87. The molecular weight excluding hydrogens is 338 g/mol. The molecular formula is C22H19N3O2. The van der Waals surface area contributed by atoms with Crippen LogP contribution < -0.4 is 5.32 Å². The molecule has 0 bridgehead atoms. The topological polar surface area (TPSA) is 60.1 Å². The monoisotopic (exact) mass is 357 g/mol. The van der Waals surface area contributed by atoms with Crippen LogP contribution in [0, 0.1) is 6.92 Å². The quantitative estimate of drug-likeness (QED) is 0.577. The smallest absolute Gasteiger partial charge is 0.270 e. The average Bonchev–Trinajstić information content (AvgIpc) is 3.34. The average molecular weight is 357 g/mol. The van der Waals surface area contributed by atoms with Gasteiger partial charge in [-0.25, -0.2) is 4.68 Å². The summed E-state index contributed by atoms with van der Waals surface area (Å²) in [6.45, 7) is 2.33. The second-order valence-corrected chi connectivity index (χ2v) is 6.24. The summed E-state index contributed by atoms with van der Waals surface area (Å²) in [5, 5.41) is 7.57. The van der Waals surface area contributed by atoms with Gasteiger partial charge in [0.2, 0.25) is 0 Å². The van der Waals surface area contributed by atoms with Crippen molar-refractivity contribution in [3.8, 4) is 17.1 Å². The summed E-state index contributed by atoms with van der Waals surface area (Å²) in [5.41, 5.74) is 2.94. The van der Waals surface area contributed by atoms with Gasteiger partial charge in [-0.05, 0) is 36.8 Å². The number of rotatable bonds is 5. The van der Waals surface area contributed by atoms with E-state index >= 15 is 0 Å². The van der Waals surface area contributed by atoms with Crippen LogP contribution >= 0.6 is 0 Å². The van der Waals surface area contributed by atoms with E-state index in [0.717, 1.165) is 17.0 Å². The standard InChI is InChI=1S/C22H19N3O2/c1-16-12-13-21(27-16)19-14-20(25(24-19)18-10-6-3-7-11-18)22(26)23-15-17-8-4-2-5-9-17/h2-14H,15H2,1H3,(H,23,26). The van der Waals surface area contributed by atoms with Crippen LogP contribution in [-0.2, 0) is 6.54 Å². The first kappa shape index (κ1) is 16.8. The maximum atomic E-state index is 12.9. The summed E-state index contributed by atoms with van der Waals surface area (Å²) in [5.74, 6) is 1.25. The third kappa shape index (κ3) is 3.67. The maximum absolute atomic E-state index is 12.9. The lowest BCUT2D eigenvalue weighted by atomic mass is 10.2. The minimum Gasteiger partial charge on any atom is -0.460 e. The summed E-state index contributed by atoms with van der Waals surface area (Å²) >= 11 is 0. The van der Waals surface area contributed by atoms with Crippen LogP contribution in [0.25, 0.3) is 17.1 Å². The van der Waals surface area contributed by atoms with Gasteiger partial charge in [0, 0.05) is 12.6 Å². The van der Waals surface area contributed by atoms with E-state index in [-0.39, 0.29) is 5.91 Å². The van der Waals surface area contributed by atoms with Gasteiger partial charge in [0.1, 0.15) is 17.1 Å². The number of benzene rings is 2. The number of hydrogen-bond acceptors (Lipinski definition) is 3. The van der Waals surface area contributed by atoms with Crippen LogP contribution in [0.15, 0.2) is 83.3 Å². The van der Waals surface area contributed by atoms with Crippen LogP contribution in [0.2, 0.25) is 0 Å². The molecule has 1 N–H and O–H groups in total. The molecule has 5 nitrogen and oxygen atoms in total. The summed E-state index contributed by atoms with van der Waals surface area (Å²) in [4.78, 5) is 12.9. The summed E-state index contributed by atoms with van der Waals surface area (Å²) in [6.07, 6.45) is 0. The highest BCUT2D eigenvalue weighted by Gasteiger charge is 2.18. The van der Waals surface area contributed by atoms with Crippen LogP contribution in [-0.4, -0.2) is 15.7 Å². The lowest BCUT2D eigenvalue weighted by molar-refractivity contribution is 0.0943. The van der Waals surface area contributed by atoms with Crippen molar-refractivity contribution in [3.05, 3.63) is 95.9 Å². The molecule has 0 aliphatic carbocycles. The second kappa shape index (κ2) is 7.33. The number of furan rings is 1. The Bertz CT molecular complexity index is 1050. The first-order valence-electron chi connectivity index (χ1n) is 8.75. The molecule has 0 saturated heterocycles. The first-order chi connectivity index (χ1) is 13.2. The van der Waals surface area contributed by atoms with E-state index < -0.39 is 0 Å². The number of para-hydroxylation sites is 1. The summed E-state index contributed by atoms with van der Waals surface area (Å²) in [7, 11) is 0. The lowest BCUT2D eigenvalue weighted by Crippen LogP contribution is -2.25. The van der Waals surface area contributed by atoms with E-state index in [1.54, 1.807) is 10.7 Å². The molecule has 0 aliphatic heterocycles. The van der Waals surface area contributed by atoms with Gasteiger partial charge in [-0.1, -0.05) is 48.5 Å². The predicted octanol–water partition coefficient (Wildman–Crippen LogP) is 4.37. The first-order valence-corrected chi connectivity index (χ1v) is 8.75. The van der Waals surface area contributed by atoms with Crippen LogP contribution in [0.5, 0.6) is 0 Å². The van der Waals surface area contributed by atoms with E-state index in [9.17, 15) is 4.79 Å². The van der Waals surface area contributed by atoms with E-state index in [0.29, 0.717) is 23.7 Å². The van der Waals surface area contributed by atoms with Crippen molar-refractivity contribution in [2.45, 2.75) is 13.5 Å². The maximum Gasteiger partial charge on any atom is 0.270 e. The minimum atomic E-state index is -0.190. The van der Waals surface area contributed by atoms with Crippen molar-refractivity contribution >= 4 is 5.91 Å². The molecule has 0 radical (unpaired) electrons. The molecule has 2 aromatic carbocycles. The van der Waals surface area contributed by atoms with Crippen molar-refractivity contribution in [2.75, 3.05) is 0 Å². The number of amides is 1. The van der Waals surface area contributed by atoms with Gasteiger partial charge in [0.05, 0.1) is 5.69 Å². The van der Waals surface area contributed by atoms with E-state index in [2.05, 4.69) is 10.4 Å². The fraction of sp³-hybridized carbons (Fsp3) is 0.0909. The predicted molar refractivity (Wildman–Crippen MR) is 104 cm³/mol. The molecule has 0 saturated carbocycles. The highest BCUT2D eigenvalue weighted by Crippen LogP contribution is 2.23. The highest BCUT2D eigenvalue weighted by atomic mass is 16.3. The molecule has 1 amide bonds. The molecule has 0 fully saturated rings. The van der Waals surface area contributed by atoms with Gasteiger partial charge >= 0.3 is 0 Å². The van der Waals surface area contributed by atoms with E-state index in [1.807, 2.05) is 79.7 Å². The van der Waals surface area contributed by atoms with Gasteiger partial charge in [-0.15, -0.1) is 0 Å². The highest BCUT2D eigenvalue weighted by molar-refractivity contribution is 5.94. The van der Waals surface area contributed by atoms with Crippen LogP contribution in [0.3, 0.4) is 0 Å². The Labute approximate surface area is 157 Å². The molecule has 0 atom stereocenters. The van der Waals surface area contributed by atoms with E-state index in [1.165, 1.54) is 0 Å². The SMILES string of the molecule is Cc1ccc(-c2cc(C(=O)NCc3ccccc3)n(-c3ccccc3)n2)o1. The van der Waals surface area contributed by atoms with Gasteiger partial charge in [-0.3, -0.25) is 4.79 Å². The van der Waals surface area contributed by atoms with E-state index in [4.69, 9.17) is 4.42 Å². The molecule has 4 rings (SSSR count). The molecule has 2 aromatic heterocycles. The number of aromatic nitrogens is 2. The molecule has 5 heteroatoms. The van der Waals surface area contributed by atoms with Crippen LogP contribution in [0.4, 0.5) is 0 Å². The fourth-order valence-corrected chi connectivity index (χ4v) is 2.87. The molecule has 0 aliphatic rings. The molecule has 0 unspecified atom stereocenters. The van der Waals surface area contributed by atoms with Crippen molar-refractivity contribution in [1.29, 1.82) is 0 Å². The molecule has 4 aromatic rings. The Morgan fingerprint density at radius 1 is 1.00 bits per heavy atom. The third-order valence-corrected chi connectivity index (χ3v) is 4.23. The Morgan fingerprint density at radius 2 is 1.70 bits per heavy atom. The van der Waals surface area contributed by atoms with Crippen molar-refractivity contribution in [2.24, 2.45) is 0 Å². The zero-order valence-corrected chi connectivity index (χ0v) is 14.9. The zero-order chi connectivity index (χ0) is 18.6. The Balaban J connectivity index is 1.67. The second-order valence-electron chi connectivity index (χ2n) is 6.24. The number of nitrogens with one attached hydrogen (secondary N) is 1. The number of carbonyl (C=O) groups is 1. The van der Waals surface area contributed by atoms with Gasteiger partial charge in [0.25, 0.3) is 5.91 Å². The zero-order valence-electron chi connectivity index (χ0n) is 14.9. The van der Waals surface area contributed by atoms with Gasteiger partial charge in [0.15, 0.2) is 5.76 Å². The normalized spacial score (nSPS) is 10.7. The number of aryl methyl sites for hydroxylation is 1. The molecule has 2 heterocycles. The summed E-state index contributed by atoms with van der Waals surface area (Å²) in [6, 6.07) is 24.9. The summed E-state index contributed by atoms with van der Waals surface area (Å²) < 4.78 is 7.32. The minimum absolute atomic E-state index is 0.190. The van der Waals surface area contributed by atoms with Crippen molar-refractivity contribution in [1.82, 2.24) is 15.1 Å². The van der Waals surface area contributed by atoms with Crippen LogP contribution in [0.1, 0.15) is 21.8 Å². The third-order valence-electron chi connectivity index (χ3n) is 4.23. The Hall–Kier alpha value is -3.60. The molecule has 134 valence electrons. The Kier molecular flexibility index (Phi) is 4.58. The lowest BCUT2D eigenvalue weighted by Gasteiger charge is -2.08. The largest absolute Gasteiger partial charge is 0.460 e. The Morgan fingerprint density at radius 3 is 2.37 bits per heavy atom. The van der Waals surface area contributed by atoms with Crippen molar-refractivity contribution < 1.29 is 9.21 Å². The van der Waals surface area contributed by atoms with Gasteiger partial charge in [-0.2, -0.15) is 5.10 Å². The molecule has 0 spiro atoms. The number of carbonyl (C=O) groups excluding carboxylic acids is 1. The van der Waals surface area contributed by atoms with Crippen molar-refractivity contribution in [3.63, 3.8) is 0 Å². The van der Waals surface area contributed by atoms with Gasteiger partial charge < -0.3 is 9.73 Å².